The number of rotatable bonds is 5. The number of benzene rings is 2. The van der Waals surface area contributed by atoms with Gasteiger partial charge in [0.15, 0.2) is 5.78 Å². The number of carbonyl (C=O) groups is 1. The lowest BCUT2D eigenvalue weighted by Crippen LogP contribution is -2.19. The Kier molecular flexibility index (Phi) is 9.58. The summed E-state index contributed by atoms with van der Waals surface area (Å²) in [4.78, 5) is 12.3. The third-order valence-corrected chi connectivity index (χ3v) is 6.45. The van der Waals surface area contributed by atoms with Gasteiger partial charge in [0.1, 0.15) is 0 Å². The second-order valence-electron chi connectivity index (χ2n) is 7.24. The molecule has 32 heavy (non-hydrogen) atoms. The van der Waals surface area contributed by atoms with Crippen LogP contribution in [0, 0.1) is 5.92 Å². The number of Topliss-reactive ketones (excluding diaryl/α,β-unsaturated/α-hetero) is 1. The van der Waals surface area contributed by atoms with Crippen LogP contribution >= 0.6 is 47.0 Å². The fourth-order valence-electron chi connectivity index (χ4n) is 2.75. The number of carbonyl (C=O) groups excluding carboxylic acids is 1. The van der Waals surface area contributed by atoms with Crippen LogP contribution in [0.3, 0.4) is 0 Å². The Balaban J connectivity index is 0.000000439. The molecule has 1 unspecified atom stereocenters. The standard InChI is InChI=1S/C18H12Cl3F3O.C5H9NS/c1-10(25)12-5-2-11(3-6-12)4-7-14(18(22,23)24)13-8-15(19)17(21)16(20)9-13;1-6-5(7)4-2-3-4/h2-9,14H,1H3;4H,2-3H2,1H3,(H,6,7)/b7-4+;. The third kappa shape index (κ3) is 7.77. The molecule has 2 nitrogen and oxygen atoms in total. The molecule has 0 heterocycles. The van der Waals surface area contributed by atoms with Gasteiger partial charge in [-0.25, -0.2) is 0 Å². The largest absolute Gasteiger partial charge is 0.399 e. The zero-order chi connectivity index (χ0) is 24.1. The summed E-state index contributed by atoms with van der Waals surface area (Å²) in [5.41, 5.74) is 0.912. The quantitative estimate of drug-likeness (QED) is 0.244. The first-order valence-corrected chi connectivity index (χ1v) is 11.2. The maximum Gasteiger partial charge on any atom is 0.399 e. The molecule has 0 aromatic heterocycles. The van der Waals surface area contributed by atoms with Gasteiger partial charge in [-0.05, 0) is 43.0 Å². The first-order chi connectivity index (χ1) is 14.9. The van der Waals surface area contributed by atoms with E-state index in [2.05, 4.69) is 5.32 Å². The highest BCUT2D eigenvalue weighted by Crippen LogP contribution is 2.41. The van der Waals surface area contributed by atoms with E-state index in [0.717, 1.165) is 29.1 Å². The number of allylic oxidation sites excluding steroid dienone is 1. The molecule has 1 aliphatic rings. The van der Waals surface area contributed by atoms with Crippen molar-refractivity contribution in [2.75, 3.05) is 7.05 Å². The van der Waals surface area contributed by atoms with E-state index in [1.165, 1.54) is 25.8 Å². The molecule has 3 rings (SSSR count). The Morgan fingerprint density at radius 1 is 1.12 bits per heavy atom. The predicted molar refractivity (Wildman–Crippen MR) is 130 cm³/mol. The Morgan fingerprint density at radius 3 is 2.03 bits per heavy atom. The summed E-state index contributed by atoms with van der Waals surface area (Å²) in [6, 6.07) is 8.56. The monoisotopic (exact) mass is 521 g/mol. The molecule has 2 aromatic carbocycles. The lowest BCUT2D eigenvalue weighted by Gasteiger charge is -2.18. The molecule has 0 aliphatic heterocycles. The average molecular weight is 523 g/mol. The van der Waals surface area contributed by atoms with Gasteiger partial charge in [-0.2, -0.15) is 13.2 Å². The van der Waals surface area contributed by atoms with Gasteiger partial charge in [-0.1, -0.05) is 83.4 Å². The molecule has 1 fully saturated rings. The van der Waals surface area contributed by atoms with Crippen molar-refractivity contribution in [2.45, 2.75) is 31.9 Å². The van der Waals surface area contributed by atoms with E-state index >= 15 is 0 Å². The van der Waals surface area contributed by atoms with Gasteiger partial charge >= 0.3 is 6.18 Å². The summed E-state index contributed by atoms with van der Waals surface area (Å²) in [5.74, 6) is -1.28. The summed E-state index contributed by atoms with van der Waals surface area (Å²) in [6.45, 7) is 1.42. The molecule has 1 saturated carbocycles. The molecule has 9 heteroatoms. The van der Waals surface area contributed by atoms with Crippen LogP contribution in [0.15, 0.2) is 42.5 Å². The molecular formula is C23H21Cl3F3NOS. The molecule has 0 spiro atoms. The van der Waals surface area contributed by atoms with Crippen LogP contribution in [-0.2, 0) is 0 Å². The van der Waals surface area contributed by atoms with Gasteiger partial charge in [0.25, 0.3) is 0 Å². The molecule has 1 N–H and O–H groups in total. The van der Waals surface area contributed by atoms with E-state index < -0.39 is 12.1 Å². The summed E-state index contributed by atoms with van der Waals surface area (Å²) in [7, 11) is 1.89. The normalized spacial score (nSPS) is 14.5. The fraction of sp³-hybridized carbons (Fsp3) is 0.304. The van der Waals surface area contributed by atoms with Crippen LogP contribution in [0.2, 0.25) is 15.1 Å². The van der Waals surface area contributed by atoms with Crippen molar-refractivity contribution in [1.29, 1.82) is 0 Å². The Hall–Kier alpha value is -1.60. The molecule has 0 amide bonds. The van der Waals surface area contributed by atoms with Crippen LogP contribution in [0.5, 0.6) is 0 Å². The van der Waals surface area contributed by atoms with Crippen molar-refractivity contribution in [3.63, 3.8) is 0 Å². The van der Waals surface area contributed by atoms with Gasteiger partial charge in [-0.3, -0.25) is 4.79 Å². The highest BCUT2D eigenvalue weighted by atomic mass is 35.5. The molecule has 0 bridgehead atoms. The summed E-state index contributed by atoms with van der Waals surface area (Å²) in [6.07, 6.45) is 0.423. The van der Waals surface area contributed by atoms with Crippen molar-refractivity contribution < 1.29 is 18.0 Å². The minimum Gasteiger partial charge on any atom is -0.383 e. The van der Waals surface area contributed by atoms with E-state index in [1.54, 1.807) is 24.3 Å². The molecular weight excluding hydrogens is 502 g/mol. The van der Waals surface area contributed by atoms with E-state index in [4.69, 9.17) is 47.0 Å². The van der Waals surface area contributed by atoms with Crippen molar-refractivity contribution in [2.24, 2.45) is 5.92 Å². The molecule has 0 radical (unpaired) electrons. The summed E-state index contributed by atoms with van der Waals surface area (Å²) in [5, 5.41) is 2.88. The van der Waals surface area contributed by atoms with E-state index in [1.807, 2.05) is 7.05 Å². The van der Waals surface area contributed by atoms with Crippen molar-refractivity contribution >= 4 is 63.9 Å². The molecule has 172 valence electrons. The minimum atomic E-state index is -4.53. The summed E-state index contributed by atoms with van der Waals surface area (Å²) < 4.78 is 40.3. The molecule has 1 atom stereocenters. The van der Waals surface area contributed by atoms with E-state index in [0.29, 0.717) is 11.1 Å². The smallest absolute Gasteiger partial charge is 0.383 e. The highest BCUT2D eigenvalue weighted by molar-refractivity contribution is 7.80. The maximum absolute atomic E-state index is 13.4. The van der Waals surface area contributed by atoms with Crippen LogP contribution in [0.1, 0.15) is 47.2 Å². The predicted octanol–water partition coefficient (Wildman–Crippen LogP) is 8.15. The van der Waals surface area contributed by atoms with Gasteiger partial charge in [0.05, 0.1) is 26.0 Å². The number of nitrogens with one attached hydrogen (secondary N) is 1. The Morgan fingerprint density at radius 2 is 1.66 bits per heavy atom. The average Bonchev–Trinajstić information content (AvgIpc) is 3.57. The van der Waals surface area contributed by atoms with E-state index in [9.17, 15) is 18.0 Å². The van der Waals surface area contributed by atoms with Crippen molar-refractivity contribution in [1.82, 2.24) is 5.32 Å². The van der Waals surface area contributed by atoms with Crippen LogP contribution < -0.4 is 5.32 Å². The fourth-order valence-corrected chi connectivity index (χ4v) is 3.60. The number of ketones is 1. The number of hydrogen-bond acceptors (Lipinski definition) is 2. The molecule has 2 aromatic rings. The van der Waals surface area contributed by atoms with Crippen LogP contribution in [0.25, 0.3) is 6.08 Å². The third-order valence-electron chi connectivity index (χ3n) is 4.71. The zero-order valence-corrected chi connectivity index (χ0v) is 20.4. The zero-order valence-electron chi connectivity index (χ0n) is 17.3. The van der Waals surface area contributed by atoms with Gasteiger partial charge in [0.2, 0.25) is 0 Å². The van der Waals surface area contributed by atoms with Gasteiger partial charge in [0, 0.05) is 18.5 Å². The van der Waals surface area contributed by atoms with Gasteiger partial charge in [-0.15, -0.1) is 0 Å². The number of alkyl halides is 3. The second-order valence-corrected chi connectivity index (χ2v) is 8.88. The SMILES string of the molecule is CC(=O)c1ccc(/C=C/C(c2cc(Cl)c(Cl)c(Cl)c2)C(F)(F)F)cc1.CNC(=S)C1CC1. The topological polar surface area (TPSA) is 29.1 Å². The molecule has 0 saturated heterocycles. The lowest BCUT2D eigenvalue weighted by molar-refractivity contribution is -0.139. The second kappa shape index (κ2) is 11.5. The first kappa shape index (κ1) is 26.7. The number of hydrogen-bond donors (Lipinski definition) is 1. The number of thiocarbonyl (C=S) groups is 1. The van der Waals surface area contributed by atoms with Crippen LogP contribution in [0.4, 0.5) is 13.2 Å². The van der Waals surface area contributed by atoms with Crippen molar-refractivity contribution in [3.8, 4) is 0 Å². The maximum atomic E-state index is 13.4. The lowest BCUT2D eigenvalue weighted by atomic mass is 9.97. The van der Waals surface area contributed by atoms with Crippen LogP contribution in [-0.4, -0.2) is 24.0 Å². The first-order valence-electron chi connectivity index (χ1n) is 9.66. The van der Waals surface area contributed by atoms with Gasteiger partial charge < -0.3 is 5.32 Å². The minimum absolute atomic E-state index is 0.0109. The summed E-state index contributed by atoms with van der Waals surface area (Å²) >= 11 is 22.4. The van der Waals surface area contributed by atoms with E-state index in [-0.39, 0.29) is 26.4 Å². The highest BCUT2D eigenvalue weighted by Gasteiger charge is 2.39. The Labute approximate surface area is 205 Å². The Bertz CT molecular complexity index is 980. The molecule has 1 aliphatic carbocycles. The number of halogens is 6. The van der Waals surface area contributed by atoms with Crippen molar-refractivity contribution in [3.05, 3.63) is 74.2 Å².